The van der Waals surface area contributed by atoms with Crippen molar-refractivity contribution in [1.82, 2.24) is 24.4 Å². The van der Waals surface area contributed by atoms with Crippen molar-refractivity contribution in [2.45, 2.75) is 49.6 Å². The lowest BCUT2D eigenvalue weighted by molar-refractivity contribution is -0.195. The highest BCUT2D eigenvalue weighted by molar-refractivity contribution is 5.97. The highest BCUT2D eigenvalue weighted by Gasteiger charge is 2.50. The molecule has 14 heteroatoms. The Morgan fingerprint density at radius 2 is 1.92 bits per heavy atom. The van der Waals surface area contributed by atoms with Gasteiger partial charge in [0.1, 0.15) is 0 Å². The van der Waals surface area contributed by atoms with Gasteiger partial charge < -0.3 is 19.7 Å². The number of amides is 1. The molecule has 5 rings (SSSR count). The molecule has 0 unspecified atom stereocenters. The number of imidazole rings is 1. The summed E-state index contributed by atoms with van der Waals surface area (Å²) < 4.78 is 59.6. The zero-order valence-electron chi connectivity index (χ0n) is 19.6. The third-order valence-electron chi connectivity index (χ3n) is 7.16. The lowest BCUT2D eigenvalue weighted by Gasteiger charge is -2.51. The average molecular weight is 525 g/mol. The van der Waals surface area contributed by atoms with Gasteiger partial charge in [-0.2, -0.15) is 17.6 Å². The van der Waals surface area contributed by atoms with E-state index in [2.05, 4.69) is 9.97 Å². The number of aromatic nitrogens is 4. The summed E-state index contributed by atoms with van der Waals surface area (Å²) in [6.07, 6.45) is -3.07. The molecule has 37 heavy (non-hydrogen) atoms. The van der Waals surface area contributed by atoms with Crippen LogP contribution in [0.5, 0.6) is 0 Å². The van der Waals surface area contributed by atoms with Crippen LogP contribution in [-0.4, -0.2) is 66.3 Å². The fraction of sp³-hybridized carbons (Fsp3) is 0.478. The summed E-state index contributed by atoms with van der Waals surface area (Å²) in [5.41, 5.74) is -3.91. The molecule has 1 spiro atoms. The Morgan fingerprint density at radius 1 is 1.22 bits per heavy atom. The van der Waals surface area contributed by atoms with E-state index in [4.69, 9.17) is 4.74 Å². The van der Waals surface area contributed by atoms with Crippen LogP contribution in [0.15, 0.2) is 34.0 Å². The minimum absolute atomic E-state index is 0.0929. The smallest absolute Gasteiger partial charge is 0.388 e. The number of likely N-dealkylation sites (tertiary alicyclic amines) is 1. The number of nitrogens with one attached hydrogen (secondary N) is 2. The second-order valence-electron chi connectivity index (χ2n) is 9.79. The number of aromatic amines is 2. The summed E-state index contributed by atoms with van der Waals surface area (Å²) in [7, 11) is 0. The molecule has 2 aliphatic heterocycles. The first-order chi connectivity index (χ1) is 17.3. The van der Waals surface area contributed by atoms with Gasteiger partial charge in [-0.15, -0.1) is 0 Å². The Hall–Kier alpha value is -3.52. The molecule has 2 saturated heterocycles. The molecule has 2 aliphatic rings. The summed E-state index contributed by atoms with van der Waals surface area (Å²) >= 11 is 0. The number of alkyl halides is 3. The summed E-state index contributed by atoms with van der Waals surface area (Å²) in [6.45, 7) is 1.91. The van der Waals surface area contributed by atoms with Crippen molar-refractivity contribution in [2.24, 2.45) is 0 Å². The number of fused-ring (bicyclic) bond motifs is 1. The van der Waals surface area contributed by atoms with E-state index in [1.54, 1.807) is 4.90 Å². The predicted molar refractivity (Wildman–Crippen MR) is 120 cm³/mol. The number of rotatable bonds is 2. The van der Waals surface area contributed by atoms with Crippen LogP contribution in [0.4, 0.5) is 17.6 Å². The van der Waals surface area contributed by atoms with Gasteiger partial charge >= 0.3 is 11.9 Å². The number of carbonyl (C=O) groups is 1. The van der Waals surface area contributed by atoms with Crippen LogP contribution in [0.25, 0.3) is 11.0 Å². The molecular formula is C23H23F4N5O5. The van der Waals surface area contributed by atoms with E-state index in [1.165, 1.54) is 25.1 Å². The normalized spacial score (nSPS) is 24.1. The van der Waals surface area contributed by atoms with Crippen LogP contribution in [0.2, 0.25) is 0 Å². The van der Waals surface area contributed by atoms with E-state index in [-0.39, 0.29) is 48.6 Å². The van der Waals surface area contributed by atoms with Crippen molar-refractivity contribution in [2.75, 3.05) is 19.7 Å². The van der Waals surface area contributed by atoms with Gasteiger partial charge in [0.2, 0.25) is 11.6 Å². The molecule has 1 aromatic carbocycles. The van der Waals surface area contributed by atoms with E-state index < -0.39 is 46.3 Å². The third-order valence-corrected chi connectivity index (χ3v) is 7.16. The van der Waals surface area contributed by atoms with Crippen molar-refractivity contribution in [3.05, 3.63) is 62.4 Å². The largest absolute Gasteiger partial charge is 0.449 e. The lowest BCUT2D eigenvalue weighted by atomic mass is 9.75. The molecule has 2 fully saturated rings. The summed E-state index contributed by atoms with van der Waals surface area (Å²) in [6, 6.07) is 3.16. The number of hydrogen-bond donors (Lipinski definition) is 3. The number of aliphatic hydroxyl groups is 1. The van der Waals surface area contributed by atoms with Crippen LogP contribution >= 0.6 is 0 Å². The molecule has 3 aromatic rings. The lowest BCUT2D eigenvalue weighted by Crippen LogP contribution is -2.59. The highest BCUT2D eigenvalue weighted by Crippen LogP contribution is 2.43. The zero-order valence-corrected chi connectivity index (χ0v) is 19.6. The van der Waals surface area contributed by atoms with Crippen molar-refractivity contribution in [3.8, 4) is 0 Å². The molecule has 198 valence electrons. The number of ether oxygens (including phenoxy) is 1. The predicted octanol–water partition coefficient (Wildman–Crippen LogP) is 1.96. The van der Waals surface area contributed by atoms with Crippen molar-refractivity contribution >= 4 is 16.9 Å². The molecule has 0 radical (unpaired) electrons. The molecule has 0 saturated carbocycles. The monoisotopic (exact) mass is 525 g/mol. The van der Waals surface area contributed by atoms with Gasteiger partial charge in [-0.25, -0.2) is 9.78 Å². The fourth-order valence-corrected chi connectivity index (χ4v) is 5.23. The van der Waals surface area contributed by atoms with Gasteiger partial charge in [0.15, 0.2) is 0 Å². The topological polar surface area (TPSA) is 133 Å². The van der Waals surface area contributed by atoms with Crippen LogP contribution in [0, 0.1) is 5.82 Å². The maximum Gasteiger partial charge on any atom is 0.449 e. The number of piperidine rings is 1. The summed E-state index contributed by atoms with van der Waals surface area (Å²) in [5.74, 6) is -2.67. The molecular weight excluding hydrogens is 502 g/mol. The summed E-state index contributed by atoms with van der Waals surface area (Å²) in [4.78, 5) is 45.7. The van der Waals surface area contributed by atoms with Gasteiger partial charge in [-0.3, -0.25) is 19.1 Å². The molecule has 0 aliphatic carbocycles. The number of halogens is 4. The minimum atomic E-state index is -4.63. The first-order valence-corrected chi connectivity index (χ1v) is 11.5. The van der Waals surface area contributed by atoms with Crippen LogP contribution in [0.1, 0.15) is 48.4 Å². The highest BCUT2D eigenvalue weighted by atomic mass is 19.4. The Morgan fingerprint density at radius 3 is 2.57 bits per heavy atom. The molecule has 2 atom stereocenters. The molecule has 0 bridgehead atoms. The summed E-state index contributed by atoms with van der Waals surface area (Å²) in [5, 5.41) is 11.2. The van der Waals surface area contributed by atoms with Gasteiger partial charge in [-0.1, -0.05) is 0 Å². The Balaban J connectivity index is 1.28. The van der Waals surface area contributed by atoms with Gasteiger partial charge in [0.05, 0.1) is 41.1 Å². The first-order valence-electron chi connectivity index (χ1n) is 11.5. The number of carbonyl (C=O) groups excluding carboxylic acids is 1. The zero-order chi connectivity index (χ0) is 26.8. The van der Waals surface area contributed by atoms with Crippen LogP contribution in [-0.2, 0) is 10.9 Å². The van der Waals surface area contributed by atoms with Gasteiger partial charge in [0, 0.05) is 25.1 Å². The molecule has 3 N–H and O–H groups in total. The molecule has 2 aromatic heterocycles. The number of H-pyrrole nitrogens is 2. The van der Waals surface area contributed by atoms with E-state index >= 15 is 0 Å². The number of nitrogens with zero attached hydrogens (tertiary/aromatic N) is 3. The van der Waals surface area contributed by atoms with Crippen molar-refractivity contribution in [1.29, 1.82) is 0 Å². The maximum atomic E-state index is 13.8. The van der Waals surface area contributed by atoms with Crippen LogP contribution in [0.3, 0.4) is 0 Å². The molecule has 4 heterocycles. The average Bonchev–Trinajstić information content (AvgIpc) is 3.26. The standard InChI is InChI=1S/C23H23F4N5O5/c1-21(36)11-22(37-10-16(21)32-9-13(24)17(33)30-20(32)35)4-6-31(7-5-22)18(34)12-2-3-14-15(8-12)29-19(28-14)23(25,26)27/h2-3,8-9,16,36H,4-7,10-11H2,1H3,(H,28,29)(H,30,33,35)/t16-,21-/m1/s1. The Kier molecular flexibility index (Phi) is 5.79. The molecule has 10 nitrogen and oxygen atoms in total. The SMILES string of the molecule is C[C@@]1(O)CC2(CCN(C(=O)c3ccc4nc(C(F)(F)F)[nH]c4c3)CC2)OC[C@H]1n1cc(F)c(=O)[nH]c1=O. The van der Waals surface area contributed by atoms with Crippen molar-refractivity contribution < 1.29 is 32.2 Å². The quantitative estimate of drug-likeness (QED) is 0.438. The second-order valence-corrected chi connectivity index (χ2v) is 9.79. The number of hydrogen-bond acceptors (Lipinski definition) is 6. The van der Waals surface area contributed by atoms with Crippen LogP contribution < -0.4 is 11.2 Å². The maximum absolute atomic E-state index is 13.8. The number of benzene rings is 1. The van der Waals surface area contributed by atoms with Gasteiger partial charge in [0.25, 0.3) is 11.5 Å². The van der Waals surface area contributed by atoms with E-state index in [0.717, 1.165) is 10.8 Å². The second kappa shape index (κ2) is 8.52. The van der Waals surface area contributed by atoms with Gasteiger partial charge in [-0.05, 0) is 38.0 Å². The fourth-order valence-electron chi connectivity index (χ4n) is 5.23. The van der Waals surface area contributed by atoms with E-state index in [9.17, 15) is 37.1 Å². The first kappa shape index (κ1) is 25.1. The van der Waals surface area contributed by atoms with E-state index in [0.29, 0.717) is 12.8 Å². The minimum Gasteiger partial charge on any atom is -0.388 e. The third kappa shape index (κ3) is 4.55. The van der Waals surface area contributed by atoms with Crippen molar-refractivity contribution in [3.63, 3.8) is 0 Å². The molecule has 1 amide bonds. The Bertz CT molecular complexity index is 1480. The Labute approximate surface area is 205 Å². The van der Waals surface area contributed by atoms with E-state index in [1.807, 2.05) is 4.98 Å².